The Morgan fingerprint density at radius 2 is 2.08 bits per heavy atom. The van der Waals surface area contributed by atoms with Gasteiger partial charge in [-0.25, -0.2) is 0 Å². The molecule has 0 unspecified atom stereocenters. The van der Waals surface area contributed by atoms with Gasteiger partial charge in [0.05, 0.1) is 5.69 Å². The van der Waals surface area contributed by atoms with Crippen molar-refractivity contribution in [1.82, 2.24) is 20.0 Å². The molecule has 3 rings (SSSR count). The summed E-state index contributed by atoms with van der Waals surface area (Å²) in [5.74, 6) is 1.48. The van der Waals surface area contributed by atoms with Crippen LogP contribution in [-0.2, 0) is 24.2 Å². The van der Waals surface area contributed by atoms with Gasteiger partial charge in [-0.05, 0) is 71.4 Å². The molecule has 1 saturated carbocycles. The van der Waals surface area contributed by atoms with Crippen LogP contribution < -0.4 is 5.32 Å². The summed E-state index contributed by atoms with van der Waals surface area (Å²) in [5, 5.41) is 8.26. The standard InChI is InChI=1S/C20H36N4O/c1-4-25-15-16-7-9-17(10-8-16)20-18(14-23(3)13-11-21-2)22-24-12-5-6-19(20)24/h16-17,21H,4-15H2,1-3H3. The van der Waals surface area contributed by atoms with Crippen molar-refractivity contribution in [2.45, 2.75) is 64.5 Å². The summed E-state index contributed by atoms with van der Waals surface area (Å²) < 4.78 is 7.97. The van der Waals surface area contributed by atoms with E-state index in [9.17, 15) is 0 Å². The molecule has 1 aliphatic heterocycles. The van der Waals surface area contributed by atoms with Crippen molar-refractivity contribution in [2.24, 2.45) is 5.92 Å². The fraction of sp³-hybridized carbons (Fsp3) is 0.850. The Morgan fingerprint density at radius 1 is 1.28 bits per heavy atom. The van der Waals surface area contributed by atoms with E-state index in [1.54, 1.807) is 11.3 Å². The third-order valence-corrected chi connectivity index (χ3v) is 5.93. The highest BCUT2D eigenvalue weighted by molar-refractivity contribution is 5.32. The van der Waals surface area contributed by atoms with Gasteiger partial charge in [0.1, 0.15) is 0 Å². The number of nitrogens with one attached hydrogen (secondary N) is 1. The van der Waals surface area contributed by atoms with Gasteiger partial charge in [-0.2, -0.15) is 5.10 Å². The summed E-state index contributed by atoms with van der Waals surface area (Å²) in [4.78, 5) is 2.40. The highest BCUT2D eigenvalue weighted by Crippen LogP contribution is 2.40. The van der Waals surface area contributed by atoms with Gasteiger partial charge in [-0.15, -0.1) is 0 Å². The molecular formula is C20H36N4O. The van der Waals surface area contributed by atoms with E-state index in [0.717, 1.165) is 45.3 Å². The third kappa shape index (κ3) is 4.63. The number of aryl methyl sites for hydroxylation is 1. The monoisotopic (exact) mass is 348 g/mol. The second-order valence-electron chi connectivity index (χ2n) is 7.85. The topological polar surface area (TPSA) is 42.3 Å². The number of likely N-dealkylation sites (N-methyl/N-ethyl adjacent to an activating group) is 2. The van der Waals surface area contributed by atoms with Crippen molar-refractivity contribution in [2.75, 3.05) is 40.4 Å². The Bertz CT molecular complexity index is 534. The number of rotatable bonds is 9. The van der Waals surface area contributed by atoms with Crippen LogP contribution in [0.25, 0.3) is 0 Å². The fourth-order valence-corrected chi connectivity index (χ4v) is 4.54. The Balaban J connectivity index is 1.68. The SMILES string of the molecule is CCOCC1CCC(c2c(CN(C)CCNC)nn3c2CCC3)CC1. The molecule has 1 aromatic rings. The second-order valence-corrected chi connectivity index (χ2v) is 7.85. The Labute approximate surface area is 153 Å². The number of hydrogen-bond acceptors (Lipinski definition) is 4. The third-order valence-electron chi connectivity index (χ3n) is 5.93. The Hall–Kier alpha value is -0.910. The van der Waals surface area contributed by atoms with E-state index >= 15 is 0 Å². The smallest absolute Gasteiger partial charge is 0.0802 e. The van der Waals surface area contributed by atoms with Crippen molar-refractivity contribution in [3.63, 3.8) is 0 Å². The summed E-state index contributed by atoms with van der Waals surface area (Å²) in [6, 6.07) is 0. The van der Waals surface area contributed by atoms with Crippen LogP contribution in [0.5, 0.6) is 0 Å². The van der Waals surface area contributed by atoms with Crippen LogP contribution in [0, 0.1) is 5.92 Å². The molecule has 2 aliphatic rings. The van der Waals surface area contributed by atoms with Crippen molar-refractivity contribution in [1.29, 1.82) is 0 Å². The molecular weight excluding hydrogens is 312 g/mol. The van der Waals surface area contributed by atoms with Gasteiger partial charge in [0.15, 0.2) is 0 Å². The summed E-state index contributed by atoms with van der Waals surface area (Å²) >= 11 is 0. The first-order valence-corrected chi connectivity index (χ1v) is 10.2. The minimum absolute atomic E-state index is 0.715. The molecule has 1 aromatic heterocycles. The number of hydrogen-bond donors (Lipinski definition) is 1. The predicted octanol–water partition coefficient (Wildman–Crippen LogP) is 2.79. The van der Waals surface area contributed by atoms with E-state index in [1.807, 2.05) is 7.05 Å². The van der Waals surface area contributed by atoms with Gasteiger partial charge in [0.2, 0.25) is 0 Å². The quantitative estimate of drug-likeness (QED) is 0.745. The number of fused-ring (bicyclic) bond motifs is 1. The molecule has 5 nitrogen and oxygen atoms in total. The lowest BCUT2D eigenvalue weighted by molar-refractivity contribution is 0.0919. The molecule has 142 valence electrons. The first kappa shape index (κ1) is 18.9. The van der Waals surface area contributed by atoms with Gasteiger partial charge in [0, 0.05) is 50.7 Å². The first-order valence-electron chi connectivity index (χ1n) is 10.2. The highest BCUT2D eigenvalue weighted by Gasteiger charge is 2.30. The van der Waals surface area contributed by atoms with E-state index in [-0.39, 0.29) is 0 Å². The van der Waals surface area contributed by atoms with Gasteiger partial charge >= 0.3 is 0 Å². The Morgan fingerprint density at radius 3 is 2.80 bits per heavy atom. The number of aromatic nitrogens is 2. The van der Waals surface area contributed by atoms with Crippen molar-refractivity contribution in [3.8, 4) is 0 Å². The van der Waals surface area contributed by atoms with E-state index in [0.29, 0.717) is 5.92 Å². The number of ether oxygens (including phenoxy) is 1. The van der Waals surface area contributed by atoms with Crippen LogP contribution in [0.4, 0.5) is 0 Å². The minimum atomic E-state index is 0.715. The molecule has 2 heterocycles. The van der Waals surface area contributed by atoms with Crippen LogP contribution >= 0.6 is 0 Å². The van der Waals surface area contributed by atoms with E-state index in [4.69, 9.17) is 9.84 Å². The molecule has 1 fully saturated rings. The maximum Gasteiger partial charge on any atom is 0.0802 e. The van der Waals surface area contributed by atoms with Crippen LogP contribution in [0.15, 0.2) is 0 Å². The molecule has 0 aromatic carbocycles. The van der Waals surface area contributed by atoms with Crippen LogP contribution in [0.2, 0.25) is 0 Å². The summed E-state index contributed by atoms with van der Waals surface area (Å²) in [6.07, 6.45) is 7.73. The molecule has 0 atom stereocenters. The Kier molecular flexibility index (Phi) is 6.91. The summed E-state index contributed by atoms with van der Waals surface area (Å²) in [5.41, 5.74) is 4.51. The normalized spacial score (nSPS) is 23.4. The lowest BCUT2D eigenvalue weighted by atomic mass is 9.78. The zero-order valence-electron chi connectivity index (χ0n) is 16.4. The summed E-state index contributed by atoms with van der Waals surface area (Å²) in [7, 11) is 4.23. The predicted molar refractivity (Wildman–Crippen MR) is 102 cm³/mol. The van der Waals surface area contributed by atoms with E-state index in [1.165, 1.54) is 44.2 Å². The molecule has 1 N–H and O–H groups in total. The lowest BCUT2D eigenvalue weighted by Gasteiger charge is -2.29. The van der Waals surface area contributed by atoms with E-state index < -0.39 is 0 Å². The van der Waals surface area contributed by atoms with Crippen molar-refractivity contribution >= 4 is 0 Å². The first-order chi connectivity index (χ1) is 12.2. The fourth-order valence-electron chi connectivity index (χ4n) is 4.54. The van der Waals surface area contributed by atoms with Crippen molar-refractivity contribution in [3.05, 3.63) is 17.0 Å². The number of nitrogens with zero attached hydrogens (tertiary/aromatic N) is 3. The molecule has 0 radical (unpaired) electrons. The van der Waals surface area contributed by atoms with Crippen LogP contribution in [0.1, 0.15) is 61.9 Å². The van der Waals surface area contributed by atoms with Crippen LogP contribution in [-0.4, -0.2) is 55.1 Å². The molecule has 0 bridgehead atoms. The molecule has 5 heteroatoms. The highest BCUT2D eigenvalue weighted by atomic mass is 16.5. The molecule has 25 heavy (non-hydrogen) atoms. The average molecular weight is 349 g/mol. The molecule has 0 amide bonds. The summed E-state index contributed by atoms with van der Waals surface area (Å²) in [6.45, 7) is 8.09. The second kappa shape index (κ2) is 9.15. The van der Waals surface area contributed by atoms with Gasteiger partial charge in [-0.1, -0.05) is 0 Å². The van der Waals surface area contributed by atoms with E-state index in [2.05, 4.69) is 28.9 Å². The average Bonchev–Trinajstić information content (AvgIpc) is 3.19. The maximum absolute atomic E-state index is 5.66. The molecule has 0 spiro atoms. The largest absolute Gasteiger partial charge is 0.381 e. The van der Waals surface area contributed by atoms with Gasteiger partial charge in [-0.3, -0.25) is 9.58 Å². The molecule has 0 saturated heterocycles. The zero-order chi connectivity index (χ0) is 17.6. The molecule has 1 aliphatic carbocycles. The lowest BCUT2D eigenvalue weighted by Crippen LogP contribution is -2.28. The van der Waals surface area contributed by atoms with Crippen LogP contribution in [0.3, 0.4) is 0 Å². The van der Waals surface area contributed by atoms with Gasteiger partial charge in [0.25, 0.3) is 0 Å². The van der Waals surface area contributed by atoms with Gasteiger partial charge < -0.3 is 10.1 Å². The zero-order valence-corrected chi connectivity index (χ0v) is 16.4. The maximum atomic E-state index is 5.66. The van der Waals surface area contributed by atoms with Crippen molar-refractivity contribution < 1.29 is 4.74 Å². The minimum Gasteiger partial charge on any atom is -0.381 e.